The number of rotatable bonds is 8. The van der Waals surface area contributed by atoms with Gasteiger partial charge in [-0.1, -0.05) is 54.6 Å². The first-order valence-electron chi connectivity index (χ1n) is 7.50. The summed E-state index contributed by atoms with van der Waals surface area (Å²) in [6.07, 6.45) is 0.876. The van der Waals surface area contributed by atoms with Crippen LogP contribution in [0.1, 0.15) is 16.7 Å². The molecule has 2 aromatic rings. The SMILES string of the molecule is C=Cc1c(Cl)cc(CC(O)CO)c(OCc2ccccc2)c1N=C. The summed E-state index contributed by atoms with van der Waals surface area (Å²) in [5, 5.41) is 19.3. The molecule has 0 heterocycles. The Morgan fingerprint density at radius 2 is 2.00 bits per heavy atom. The number of halogens is 1. The van der Waals surface area contributed by atoms with Crippen molar-refractivity contribution in [2.75, 3.05) is 6.61 Å². The minimum Gasteiger partial charge on any atom is -0.486 e. The fourth-order valence-corrected chi connectivity index (χ4v) is 2.69. The van der Waals surface area contributed by atoms with Gasteiger partial charge < -0.3 is 14.9 Å². The maximum Gasteiger partial charge on any atom is 0.149 e. The summed E-state index contributed by atoms with van der Waals surface area (Å²) in [5.74, 6) is 0.487. The third-order valence-electron chi connectivity index (χ3n) is 3.57. The molecule has 2 N–H and O–H groups in total. The Morgan fingerprint density at radius 3 is 2.58 bits per heavy atom. The zero-order valence-electron chi connectivity index (χ0n) is 13.3. The highest BCUT2D eigenvalue weighted by molar-refractivity contribution is 6.32. The van der Waals surface area contributed by atoms with Gasteiger partial charge >= 0.3 is 0 Å². The molecule has 1 atom stereocenters. The van der Waals surface area contributed by atoms with Gasteiger partial charge in [0.2, 0.25) is 0 Å². The van der Waals surface area contributed by atoms with Crippen LogP contribution in [0.25, 0.3) is 6.08 Å². The molecule has 0 spiro atoms. The normalized spacial score (nSPS) is 11.8. The summed E-state index contributed by atoms with van der Waals surface area (Å²) < 4.78 is 5.96. The number of aliphatic hydroxyl groups is 2. The summed E-state index contributed by atoms with van der Waals surface area (Å²) in [4.78, 5) is 4.03. The van der Waals surface area contributed by atoms with Crippen LogP contribution in [-0.2, 0) is 13.0 Å². The maximum atomic E-state index is 9.79. The molecule has 0 aliphatic heterocycles. The van der Waals surface area contributed by atoms with Crippen molar-refractivity contribution in [3.63, 3.8) is 0 Å². The molecule has 0 bridgehead atoms. The van der Waals surface area contributed by atoms with Crippen LogP contribution in [0, 0.1) is 0 Å². The highest BCUT2D eigenvalue weighted by atomic mass is 35.5. The van der Waals surface area contributed by atoms with E-state index in [0.717, 1.165) is 5.56 Å². The number of aliphatic hydroxyl groups excluding tert-OH is 2. The smallest absolute Gasteiger partial charge is 0.149 e. The number of benzene rings is 2. The van der Waals surface area contributed by atoms with Crippen LogP contribution in [0.4, 0.5) is 5.69 Å². The molecular weight excluding hydrogens is 326 g/mol. The van der Waals surface area contributed by atoms with Gasteiger partial charge in [-0.3, -0.25) is 4.99 Å². The molecular formula is C19H20ClNO3. The molecule has 0 aliphatic carbocycles. The van der Waals surface area contributed by atoms with Crippen LogP contribution in [-0.4, -0.2) is 29.6 Å². The summed E-state index contributed by atoms with van der Waals surface area (Å²) in [6, 6.07) is 11.4. The molecule has 0 radical (unpaired) electrons. The van der Waals surface area contributed by atoms with Gasteiger partial charge in [0.25, 0.3) is 0 Å². The quantitative estimate of drug-likeness (QED) is 0.715. The van der Waals surface area contributed by atoms with E-state index in [1.807, 2.05) is 30.3 Å². The Bertz CT molecular complexity index is 716. The van der Waals surface area contributed by atoms with E-state index in [9.17, 15) is 5.11 Å². The summed E-state index contributed by atoms with van der Waals surface area (Å²) in [5.41, 5.74) is 2.76. The molecule has 0 aliphatic rings. The third kappa shape index (κ3) is 4.23. The molecule has 5 heteroatoms. The Hall–Kier alpha value is -2.14. The van der Waals surface area contributed by atoms with Gasteiger partial charge in [0.15, 0.2) is 0 Å². The largest absolute Gasteiger partial charge is 0.486 e. The zero-order valence-corrected chi connectivity index (χ0v) is 14.0. The molecule has 24 heavy (non-hydrogen) atoms. The lowest BCUT2D eigenvalue weighted by Crippen LogP contribution is -2.16. The molecule has 0 saturated carbocycles. The van der Waals surface area contributed by atoms with Gasteiger partial charge in [-0.05, 0) is 18.3 Å². The second-order valence-electron chi connectivity index (χ2n) is 5.29. The van der Waals surface area contributed by atoms with Gasteiger partial charge in [0, 0.05) is 17.5 Å². The van der Waals surface area contributed by atoms with Crippen LogP contribution < -0.4 is 4.74 Å². The minimum absolute atomic E-state index is 0.195. The molecule has 126 valence electrons. The van der Waals surface area contributed by atoms with E-state index in [1.54, 1.807) is 12.1 Å². The molecule has 0 amide bonds. The summed E-state index contributed by atoms with van der Waals surface area (Å²) >= 11 is 6.27. The number of hydrogen-bond donors (Lipinski definition) is 2. The third-order valence-corrected chi connectivity index (χ3v) is 3.89. The number of nitrogens with zero attached hydrogens (tertiary/aromatic N) is 1. The van der Waals surface area contributed by atoms with Crippen molar-refractivity contribution in [3.8, 4) is 5.75 Å². The van der Waals surface area contributed by atoms with Gasteiger partial charge in [0.05, 0.1) is 17.7 Å². The van der Waals surface area contributed by atoms with Crippen molar-refractivity contribution in [2.24, 2.45) is 4.99 Å². The lowest BCUT2D eigenvalue weighted by atomic mass is 10.0. The maximum absolute atomic E-state index is 9.79. The lowest BCUT2D eigenvalue weighted by molar-refractivity contribution is 0.0947. The molecule has 0 saturated heterocycles. The van der Waals surface area contributed by atoms with E-state index in [1.165, 1.54) is 0 Å². The Kier molecular flexibility index (Phi) is 6.55. The van der Waals surface area contributed by atoms with Crippen LogP contribution in [0.5, 0.6) is 5.75 Å². The Morgan fingerprint density at radius 1 is 1.29 bits per heavy atom. The van der Waals surface area contributed by atoms with Crippen LogP contribution in [0.2, 0.25) is 5.02 Å². The average Bonchev–Trinajstić information content (AvgIpc) is 2.60. The fourth-order valence-electron chi connectivity index (χ4n) is 2.40. The van der Waals surface area contributed by atoms with Crippen molar-refractivity contribution in [2.45, 2.75) is 19.1 Å². The predicted octanol–water partition coefficient (Wildman–Crippen LogP) is 3.79. The summed E-state index contributed by atoms with van der Waals surface area (Å²) in [6.45, 7) is 7.32. The van der Waals surface area contributed by atoms with Crippen LogP contribution in [0.3, 0.4) is 0 Å². The standard InChI is InChI=1S/C19H20ClNO3/c1-3-16-17(20)10-14(9-15(23)11-22)19(18(16)21-2)24-12-13-7-5-4-6-8-13/h3-8,10,15,22-23H,1-2,9,11-12H2. The monoisotopic (exact) mass is 345 g/mol. The average molecular weight is 346 g/mol. The zero-order chi connectivity index (χ0) is 17.5. The van der Waals surface area contributed by atoms with Gasteiger partial charge in [-0.25, -0.2) is 0 Å². The van der Waals surface area contributed by atoms with E-state index < -0.39 is 6.10 Å². The molecule has 4 nitrogen and oxygen atoms in total. The van der Waals surface area contributed by atoms with E-state index in [4.69, 9.17) is 21.4 Å². The second-order valence-corrected chi connectivity index (χ2v) is 5.69. The van der Waals surface area contributed by atoms with Crippen molar-refractivity contribution in [1.29, 1.82) is 0 Å². The first-order valence-corrected chi connectivity index (χ1v) is 7.88. The topological polar surface area (TPSA) is 62.0 Å². The first-order chi connectivity index (χ1) is 11.6. The number of aliphatic imine (C=N–C) groups is 1. The van der Waals surface area contributed by atoms with E-state index in [-0.39, 0.29) is 13.0 Å². The number of hydrogen-bond acceptors (Lipinski definition) is 4. The highest BCUT2D eigenvalue weighted by Gasteiger charge is 2.18. The van der Waals surface area contributed by atoms with E-state index in [2.05, 4.69) is 18.3 Å². The van der Waals surface area contributed by atoms with Crippen molar-refractivity contribution >= 4 is 30.1 Å². The van der Waals surface area contributed by atoms with Crippen molar-refractivity contribution < 1.29 is 14.9 Å². The first kappa shape index (κ1) is 18.2. The minimum atomic E-state index is -0.910. The fraction of sp³-hybridized carbons (Fsp3) is 0.211. The van der Waals surface area contributed by atoms with Gasteiger partial charge in [-0.15, -0.1) is 0 Å². The summed E-state index contributed by atoms with van der Waals surface area (Å²) in [7, 11) is 0. The van der Waals surface area contributed by atoms with Crippen molar-refractivity contribution in [1.82, 2.24) is 0 Å². The van der Waals surface area contributed by atoms with Crippen LogP contribution >= 0.6 is 11.6 Å². The molecule has 2 rings (SSSR count). The van der Waals surface area contributed by atoms with E-state index >= 15 is 0 Å². The van der Waals surface area contributed by atoms with E-state index in [0.29, 0.717) is 34.2 Å². The molecule has 0 fully saturated rings. The number of ether oxygens (including phenoxy) is 1. The van der Waals surface area contributed by atoms with Gasteiger partial charge in [-0.2, -0.15) is 0 Å². The molecule has 1 unspecified atom stereocenters. The Labute approximate surface area is 146 Å². The molecule has 0 aromatic heterocycles. The Balaban J connectivity index is 2.43. The van der Waals surface area contributed by atoms with Crippen LogP contribution in [0.15, 0.2) is 48.0 Å². The van der Waals surface area contributed by atoms with Crippen molar-refractivity contribution in [3.05, 3.63) is 64.7 Å². The predicted molar refractivity (Wildman–Crippen MR) is 98.3 cm³/mol. The highest BCUT2D eigenvalue weighted by Crippen LogP contribution is 2.41. The van der Waals surface area contributed by atoms with Gasteiger partial charge in [0.1, 0.15) is 18.0 Å². The second kappa shape index (κ2) is 8.64. The lowest BCUT2D eigenvalue weighted by Gasteiger charge is -2.18. The molecule has 2 aromatic carbocycles.